The van der Waals surface area contributed by atoms with Gasteiger partial charge in [-0.15, -0.1) is 11.3 Å². The summed E-state index contributed by atoms with van der Waals surface area (Å²) in [6, 6.07) is 14.4. The molecule has 2 heterocycles. The number of aromatic carboxylic acids is 1. The number of ether oxygens (including phenoxy) is 1. The molecule has 5 rings (SSSR count). The van der Waals surface area contributed by atoms with Crippen molar-refractivity contribution in [1.82, 2.24) is 4.57 Å². The number of carbonyl (C=O) groups is 2. The fourth-order valence-electron chi connectivity index (χ4n) is 6.98. The van der Waals surface area contributed by atoms with Gasteiger partial charge in [-0.05, 0) is 103 Å². The van der Waals surface area contributed by atoms with E-state index >= 15 is 0 Å². The number of ketones is 1. The van der Waals surface area contributed by atoms with Crippen molar-refractivity contribution in [2.45, 2.75) is 106 Å². The molecule has 0 bridgehead atoms. The monoisotopic (exact) mass is 667 g/mol. The van der Waals surface area contributed by atoms with Crippen LogP contribution in [0.4, 0.5) is 0 Å². The summed E-state index contributed by atoms with van der Waals surface area (Å²) < 4.78 is 8.87. The maximum Gasteiger partial charge on any atom is 0.345 e. The Balaban J connectivity index is 0.000000579. The van der Waals surface area contributed by atoms with Crippen molar-refractivity contribution in [3.05, 3.63) is 87.8 Å². The molecule has 0 atom stereocenters. The summed E-state index contributed by atoms with van der Waals surface area (Å²) in [4.78, 5) is 22.8. The Hall–Kier alpha value is -3.90. The van der Waals surface area contributed by atoms with Gasteiger partial charge in [0.1, 0.15) is 16.4 Å². The van der Waals surface area contributed by atoms with Crippen molar-refractivity contribution in [2.75, 3.05) is 7.11 Å². The quantitative estimate of drug-likeness (QED) is 0.171. The number of rotatable bonds is 10. The summed E-state index contributed by atoms with van der Waals surface area (Å²) in [6.07, 6.45) is 12.0. The third kappa shape index (κ3) is 8.76. The minimum Gasteiger partial charge on any atom is -0.497 e. The average Bonchev–Trinajstić information content (AvgIpc) is 3.59. The van der Waals surface area contributed by atoms with E-state index in [1.165, 1.54) is 64.1 Å². The molecule has 0 spiro atoms. The van der Waals surface area contributed by atoms with Gasteiger partial charge >= 0.3 is 5.97 Å². The van der Waals surface area contributed by atoms with Gasteiger partial charge in [0, 0.05) is 18.5 Å². The molecule has 0 unspecified atom stereocenters. The molecular formula is C42H53NO4S. The number of carboxylic acids is 1. The number of carboxylic acid groups (broad SMARTS) is 1. The van der Waals surface area contributed by atoms with Gasteiger partial charge in [-0.3, -0.25) is 0 Å². The number of hydrogen-bond acceptors (Lipinski definition) is 4. The molecule has 5 nitrogen and oxygen atoms in total. The number of aryl methyl sites for hydroxylation is 2. The number of allylic oxidation sites excluding steroid dienone is 2. The van der Waals surface area contributed by atoms with Crippen LogP contribution in [0.2, 0.25) is 0 Å². The van der Waals surface area contributed by atoms with Crippen LogP contribution in [0.25, 0.3) is 33.1 Å². The fourth-order valence-corrected chi connectivity index (χ4v) is 8.10. The molecule has 2 aromatic carbocycles. The molecule has 0 radical (unpaired) electrons. The van der Waals surface area contributed by atoms with Crippen LogP contribution < -0.4 is 4.74 Å². The van der Waals surface area contributed by atoms with Gasteiger partial charge in [0.2, 0.25) is 0 Å². The zero-order valence-electron chi connectivity index (χ0n) is 30.2. The second kappa shape index (κ2) is 16.0. The molecule has 256 valence electrons. The summed E-state index contributed by atoms with van der Waals surface area (Å²) in [5.41, 5.74) is 10.8. The topological polar surface area (TPSA) is 68.5 Å². The maximum atomic E-state index is 12.0. The van der Waals surface area contributed by atoms with E-state index in [-0.39, 0.29) is 11.2 Å². The number of aromatic nitrogens is 1. The average molecular weight is 668 g/mol. The highest BCUT2D eigenvalue weighted by molar-refractivity contribution is 7.21. The van der Waals surface area contributed by atoms with Crippen molar-refractivity contribution in [3.8, 4) is 17.0 Å². The van der Waals surface area contributed by atoms with Crippen molar-refractivity contribution in [3.63, 3.8) is 0 Å². The molecule has 1 fully saturated rings. The molecule has 48 heavy (non-hydrogen) atoms. The van der Waals surface area contributed by atoms with Crippen LogP contribution in [-0.4, -0.2) is 28.5 Å². The molecule has 0 saturated heterocycles. The Bertz CT molecular complexity index is 1790. The lowest BCUT2D eigenvalue weighted by molar-refractivity contribution is -0.118. The van der Waals surface area contributed by atoms with Crippen molar-refractivity contribution >= 4 is 45.0 Å². The number of methoxy groups -OCH3 is 1. The van der Waals surface area contributed by atoms with E-state index in [9.17, 15) is 14.7 Å². The van der Waals surface area contributed by atoms with E-state index in [0.29, 0.717) is 17.2 Å². The Morgan fingerprint density at radius 2 is 1.73 bits per heavy atom. The van der Waals surface area contributed by atoms with E-state index in [0.717, 1.165) is 52.9 Å². The van der Waals surface area contributed by atoms with E-state index in [1.807, 2.05) is 30.3 Å². The second-order valence-corrected chi connectivity index (χ2v) is 15.4. The molecule has 1 aliphatic rings. The van der Waals surface area contributed by atoms with E-state index < -0.39 is 5.97 Å². The predicted octanol–water partition coefficient (Wildman–Crippen LogP) is 11.9. The van der Waals surface area contributed by atoms with E-state index in [4.69, 9.17) is 4.74 Å². The van der Waals surface area contributed by atoms with Crippen LogP contribution in [0, 0.1) is 19.3 Å². The zero-order chi connectivity index (χ0) is 35.2. The van der Waals surface area contributed by atoms with Gasteiger partial charge in [-0.1, -0.05) is 90.0 Å². The highest BCUT2D eigenvalue weighted by atomic mass is 32.1. The number of Topliss-reactive ketones (excluding diaryl/α,β-unsaturated/α-hetero) is 1. The predicted molar refractivity (Wildman–Crippen MR) is 204 cm³/mol. The Kier molecular flexibility index (Phi) is 12.3. The Morgan fingerprint density at radius 3 is 2.27 bits per heavy atom. The third-order valence-corrected chi connectivity index (χ3v) is 10.3. The first-order valence-corrected chi connectivity index (χ1v) is 18.1. The Morgan fingerprint density at radius 1 is 1.06 bits per heavy atom. The fraction of sp³-hybridized carbons (Fsp3) is 0.429. The van der Waals surface area contributed by atoms with Gasteiger partial charge in [-0.25, -0.2) is 4.79 Å². The molecule has 0 aliphatic heterocycles. The molecule has 1 aliphatic carbocycles. The maximum absolute atomic E-state index is 12.0. The minimum atomic E-state index is -0.837. The number of benzene rings is 2. The van der Waals surface area contributed by atoms with Crippen LogP contribution in [0.15, 0.2) is 55.1 Å². The minimum absolute atomic E-state index is 0.172. The number of fused-ring (bicyclic) bond motifs is 1. The Labute approximate surface area is 291 Å². The summed E-state index contributed by atoms with van der Waals surface area (Å²) in [7, 11) is 1.67. The lowest BCUT2D eigenvalue weighted by Crippen LogP contribution is -2.09. The summed E-state index contributed by atoms with van der Waals surface area (Å²) in [5, 5.41) is 9.82. The molecule has 0 amide bonds. The lowest BCUT2D eigenvalue weighted by Gasteiger charge is -2.24. The van der Waals surface area contributed by atoms with Gasteiger partial charge in [0.25, 0.3) is 0 Å². The molecule has 1 N–H and O–H groups in total. The SMILES string of the molecule is C=C(/C=C\c1c(C)ccc(-c2c(C3CCCCC3)c3sc(C(=O)O)cc3n2CCC)c1C)c1ccc(OC)cc1.CC(=O)CC(C)(C)C. The van der Waals surface area contributed by atoms with Crippen molar-refractivity contribution in [1.29, 1.82) is 0 Å². The zero-order valence-corrected chi connectivity index (χ0v) is 31.0. The largest absolute Gasteiger partial charge is 0.497 e. The summed E-state index contributed by atoms with van der Waals surface area (Å²) >= 11 is 1.45. The number of thiophene rings is 1. The molecular weight excluding hydrogens is 615 g/mol. The number of nitrogens with zero attached hydrogens (tertiary/aromatic N) is 1. The lowest BCUT2D eigenvalue weighted by atomic mass is 9.82. The molecule has 2 aromatic heterocycles. The van der Waals surface area contributed by atoms with Crippen molar-refractivity contribution < 1.29 is 19.4 Å². The van der Waals surface area contributed by atoms with Crippen LogP contribution in [0.3, 0.4) is 0 Å². The standard InChI is InChI=1S/C35H39NO3S.C7H14O/c1-6-20-36-30-21-31(35(37)38)40-34(30)32(26-10-8-7-9-11-26)33(36)29-19-13-23(3)28(24(29)4)18-12-22(2)25-14-16-27(39-5)17-15-25;1-6(8)5-7(2,3)4/h12-19,21,26H,2,6-11,20H2,1,3-5H3,(H,37,38);5H2,1-4H3/b18-12-;. The van der Waals surface area contributed by atoms with Crippen LogP contribution in [0.1, 0.15) is 123 Å². The first kappa shape index (κ1) is 36.9. The van der Waals surface area contributed by atoms with Crippen molar-refractivity contribution in [2.24, 2.45) is 5.41 Å². The summed E-state index contributed by atoms with van der Waals surface area (Å²) in [5.74, 6) is 0.729. The smallest absolute Gasteiger partial charge is 0.345 e. The first-order chi connectivity index (χ1) is 22.7. The van der Waals surface area contributed by atoms with Gasteiger partial charge in [-0.2, -0.15) is 0 Å². The third-order valence-electron chi connectivity index (χ3n) is 9.12. The van der Waals surface area contributed by atoms with E-state index in [2.05, 4.69) is 77.0 Å². The normalized spacial score (nSPS) is 13.8. The van der Waals surface area contributed by atoms with Crippen LogP contribution in [-0.2, 0) is 11.3 Å². The molecule has 4 aromatic rings. The van der Waals surface area contributed by atoms with E-state index in [1.54, 1.807) is 14.0 Å². The molecule has 1 saturated carbocycles. The number of carbonyl (C=O) groups excluding carboxylic acids is 1. The molecule has 6 heteroatoms. The van der Waals surface area contributed by atoms with Crippen LogP contribution >= 0.6 is 11.3 Å². The van der Waals surface area contributed by atoms with Gasteiger partial charge in [0.05, 0.1) is 23.0 Å². The van der Waals surface area contributed by atoms with Crippen LogP contribution in [0.5, 0.6) is 5.75 Å². The number of hydrogen-bond donors (Lipinski definition) is 1. The first-order valence-electron chi connectivity index (χ1n) is 17.3. The highest BCUT2D eigenvalue weighted by Gasteiger charge is 2.29. The summed E-state index contributed by atoms with van der Waals surface area (Å²) in [6.45, 7) is 19.6. The van der Waals surface area contributed by atoms with Gasteiger partial charge in [0.15, 0.2) is 0 Å². The second-order valence-electron chi connectivity index (χ2n) is 14.4. The van der Waals surface area contributed by atoms with Gasteiger partial charge < -0.3 is 19.2 Å². The highest BCUT2D eigenvalue weighted by Crippen LogP contribution is 2.48.